The van der Waals surface area contributed by atoms with Crippen LogP contribution in [0.5, 0.6) is 0 Å². The highest BCUT2D eigenvalue weighted by Crippen LogP contribution is 2.30. The van der Waals surface area contributed by atoms with Gasteiger partial charge in [0.15, 0.2) is 0 Å². The van der Waals surface area contributed by atoms with E-state index in [9.17, 15) is 9.90 Å². The second kappa shape index (κ2) is 7.35. The fourth-order valence-electron chi connectivity index (χ4n) is 3.62. The largest absolute Gasteiger partial charge is 0.394 e. The molecule has 3 heterocycles. The van der Waals surface area contributed by atoms with Crippen LogP contribution in [0.4, 0.5) is 0 Å². The van der Waals surface area contributed by atoms with Gasteiger partial charge in [0.05, 0.1) is 12.6 Å². The zero-order valence-corrected chi connectivity index (χ0v) is 15.1. The second-order valence-corrected chi connectivity index (χ2v) is 6.89. The van der Waals surface area contributed by atoms with E-state index in [0.717, 1.165) is 29.9 Å². The number of hydrogen-bond donors (Lipinski definition) is 1. The van der Waals surface area contributed by atoms with Gasteiger partial charge in [-0.1, -0.05) is 6.07 Å². The minimum atomic E-state index is 0.0137. The van der Waals surface area contributed by atoms with Crippen LogP contribution in [0.15, 0.2) is 24.5 Å². The summed E-state index contributed by atoms with van der Waals surface area (Å²) in [6.07, 6.45) is 5.30. The van der Waals surface area contributed by atoms with Crippen molar-refractivity contribution >= 4 is 5.91 Å². The van der Waals surface area contributed by atoms with Crippen molar-refractivity contribution in [1.29, 1.82) is 0 Å². The van der Waals surface area contributed by atoms with Crippen molar-refractivity contribution in [3.8, 4) is 0 Å². The Hall–Kier alpha value is -2.21. The van der Waals surface area contributed by atoms with Gasteiger partial charge in [0.2, 0.25) is 0 Å². The van der Waals surface area contributed by atoms with Gasteiger partial charge >= 0.3 is 0 Å². The highest BCUT2D eigenvalue weighted by molar-refractivity contribution is 5.93. The summed E-state index contributed by atoms with van der Waals surface area (Å²) in [7, 11) is 0. The minimum Gasteiger partial charge on any atom is -0.394 e. The van der Waals surface area contributed by atoms with Crippen LogP contribution >= 0.6 is 0 Å². The highest BCUT2D eigenvalue weighted by Gasteiger charge is 2.29. The lowest BCUT2D eigenvalue weighted by atomic mass is 9.95. The number of likely N-dealkylation sites (tertiary alicyclic amines) is 1. The Morgan fingerprint density at radius 3 is 2.68 bits per heavy atom. The van der Waals surface area contributed by atoms with Gasteiger partial charge in [0.25, 0.3) is 5.91 Å². The van der Waals surface area contributed by atoms with Gasteiger partial charge in [0, 0.05) is 37.1 Å². The van der Waals surface area contributed by atoms with Gasteiger partial charge in [-0.15, -0.1) is 0 Å². The van der Waals surface area contributed by atoms with Crippen LogP contribution < -0.4 is 0 Å². The lowest BCUT2D eigenvalue weighted by Crippen LogP contribution is -2.39. The molecule has 0 spiro atoms. The number of rotatable bonds is 4. The number of carbonyl (C=O) groups is 1. The zero-order chi connectivity index (χ0) is 18.0. The predicted octanol–water partition coefficient (Wildman–Crippen LogP) is 2.47. The number of amides is 1. The number of carbonyl (C=O) groups excluding carboxylic acids is 1. The molecule has 1 amide bonds. The monoisotopic (exact) mass is 342 g/mol. The first-order chi connectivity index (χ1) is 12.0. The number of hydrogen-bond acceptors (Lipinski definition) is 4. The zero-order valence-electron chi connectivity index (χ0n) is 15.1. The lowest BCUT2D eigenvalue weighted by Gasteiger charge is -2.32. The molecular formula is C19H26N4O2. The van der Waals surface area contributed by atoms with Crippen LogP contribution in [0, 0.1) is 13.8 Å². The van der Waals surface area contributed by atoms with Gasteiger partial charge < -0.3 is 14.6 Å². The van der Waals surface area contributed by atoms with E-state index in [-0.39, 0.29) is 18.6 Å². The quantitative estimate of drug-likeness (QED) is 0.926. The molecule has 2 aromatic rings. The van der Waals surface area contributed by atoms with E-state index in [4.69, 9.17) is 0 Å². The third-order valence-corrected chi connectivity index (χ3v) is 5.07. The Morgan fingerprint density at radius 2 is 2.04 bits per heavy atom. The van der Waals surface area contributed by atoms with E-state index in [1.165, 1.54) is 0 Å². The summed E-state index contributed by atoms with van der Waals surface area (Å²) in [5, 5.41) is 9.51. The third kappa shape index (κ3) is 3.44. The average Bonchev–Trinajstić information content (AvgIpc) is 3.02. The summed E-state index contributed by atoms with van der Waals surface area (Å²) in [5.74, 6) is 1.36. The topological polar surface area (TPSA) is 71.2 Å². The molecule has 25 heavy (non-hydrogen) atoms. The third-order valence-electron chi connectivity index (χ3n) is 5.07. The summed E-state index contributed by atoms with van der Waals surface area (Å²) in [4.78, 5) is 23.4. The number of pyridine rings is 1. The predicted molar refractivity (Wildman–Crippen MR) is 95.6 cm³/mol. The standard InChI is InChI=1S/C19H26N4O2/c1-13-5-4-8-20-17(13)19(25)22-9-6-16(7-10-22)18-21-11-14(2)23(18)15(3)12-24/h4-5,8,11,15-16,24H,6-7,9-10,12H2,1-3H3/t15-/m1/s1. The highest BCUT2D eigenvalue weighted by atomic mass is 16.3. The maximum atomic E-state index is 12.7. The summed E-state index contributed by atoms with van der Waals surface area (Å²) in [6.45, 7) is 7.45. The Balaban J connectivity index is 1.71. The first-order valence-electron chi connectivity index (χ1n) is 8.88. The first kappa shape index (κ1) is 17.6. The van der Waals surface area contributed by atoms with Crippen LogP contribution in [0.2, 0.25) is 0 Å². The molecule has 6 nitrogen and oxygen atoms in total. The van der Waals surface area contributed by atoms with E-state index in [0.29, 0.717) is 24.7 Å². The maximum Gasteiger partial charge on any atom is 0.272 e. The molecule has 134 valence electrons. The van der Waals surface area contributed by atoms with E-state index < -0.39 is 0 Å². The average molecular weight is 342 g/mol. The van der Waals surface area contributed by atoms with Gasteiger partial charge in [0.1, 0.15) is 11.5 Å². The summed E-state index contributed by atoms with van der Waals surface area (Å²) in [5.41, 5.74) is 2.53. The number of piperidine rings is 1. The molecule has 0 radical (unpaired) electrons. The van der Waals surface area contributed by atoms with Crippen LogP contribution in [0.25, 0.3) is 0 Å². The molecule has 1 atom stereocenters. The van der Waals surface area contributed by atoms with Crippen molar-refractivity contribution in [3.63, 3.8) is 0 Å². The van der Waals surface area contributed by atoms with Gasteiger partial charge in [-0.2, -0.15) is 0 Å². The molecule has 3 rings (SSSR count). The number of imidazole rings is 1. The fraction of sp³-hybridized carbons (Fsp3) is 0.526. The van der Waals surface area contributed by atoms with Crippen molar-refractivity contribution in [1.82, 2.24) is 19.4 Å². The Bertz CT molecular complexity index is 748. The van der Waals surface area contributed by atoms with Crippen LogP contribution in [0.3, 0.4) is 0 Å². The molecule has 1 N–H and O–H groups in total. The number of aryl methyl sites for hydroxylation is 2. The van der Waals surface area contributed by atoms with E-state index >= 15 is 0 Å². The molecule has 1 aliphatic heterocycles. The van der Waals surface area contributed by atoms with Crippen molar-refractivity contribution in [2.75, 3.05) is 19.7 Å². The maximum absolute atomic E-state index is 12.7. The van der Waals surface area contributed by atoms with Gasteiger partial charge in [-0.05, 0) is 45.2 Å². The minimum absolute atomic E-state index is 0.0137. The Kier molecular flexibility index (Phi) is 5.18. The van der Waals surface area contributed by atoms with E-state index in [2.05, 4.69) is 14.5 Å². The smallest absolute Gasteiger partial charge is 0.272 e. The van der Waals surface area contributed by atoms with Crippen LogP contribution in [-0.2, 0) is 0 Å². The second-order valence-electron chi connectivity index (χ2n) is 6.89. The van der Waals surface area contributed by atoms with Gasteiger partial charge in [-0.25, -0.2) is 4.98 Å². The molecule has 0 saturated carbocycles. The Labute approximate surface area is 148 Å². The van der Waals surface area contributed by atoms with E-state index in [1.54, 1.807) is 6.20 Å². The fourth-order valence-corrected chi connectivity index (χ4v) is 3.62. The van der Waals surface area contributed by atoms with Crippen molar-refractivity contribution in [2.45, 2.75) is 45.6 Å². The number of aromatic nitrogens is 3. The molecule has 0 aromatic carbocycles. The summed E-state index contributed by atoms with van der Waals surface area (Å²) >= 11 is 0. The van der Waals surface area contributed by atoms with Crippen molar-refractivity contribution in [3.05, 3.63) is 47.3 Å². The SMILES string of the molecule is Cc1cccnc1C(=O)N1CCC(c2ncc(C)n2[C@H](C)CO)CC1. The molecule has 6 heteroatoms. The molecule has 1 saturated heterocycles. The molecule has 1 fully saturated rings. The normalized spacial score (nSPS) is 16.9. The summed E-state index contributed by atoms with van der Waals surface area (Å²) < 4.78 is 2.13. The number of nitrogens with zero attached hydrogens (tertiary/aromatic N) is 4. The molecule has 0 aliphatic carbocycles. The van der Waals surface area contributed by atoms with Crippen LogP contribution in [0.1, 0.15) is 59.3 Å². The molecule has 2 aromatic heterocycles. The molecule has 1 aliphatic rings. The molecular weight excluding hydrogens is 316 g/mol. The van der Waals surface area contributed by atoms with Crippen LogP contribution in [-0.4, -0.2) is 50.1 Å². The van der Waals surface area contributed by atoms with E-state index in [1.807, 2.05) is 44.0 Å². The molecule has 0 bridgehead atoms. The van der Waals surface area contributed by atoms with Crippen molar-refractivity contribution in [2.24, 2.45) is 0 Å². The molecule has 0 unspecified atom stereocenters. The van der Waals surface area contributed by atoms with Crippen molar-refractivity contribution < 1.29 is 9.90 Å². The number of aliphatic hydroxyl groups excluding tert-OH is 1. The first-order valence-corrected chi connectivity index (χ1v) is 8.88. The lowest BCUT2D eigenvalue weighted by molar-refractivity contribution is 0.0702. The number of aliphatic hydroxyl groups is 1. The summed E-state index contributed by atoms with van der Waals surface area (Å²) in [6, 6.07) is 3.79. The Morgan fingerprint density at radius 1 is 1.32 bits per heavy atom. The van der Waals surface area contributed by atoms with Gasteiger partial charge in [-0.3, -0.25) is 9.78 Å².